The first kappa shape index (κ1) is 12.9. The fourth-order valence-corrected chi connectivity index (χ4v) is 5.09. The Morgan fingerprint density at radius 3 is 3.00 bits per heavy atom. The highest BCUT2D eigenvalue weighted by Gasteiger charge is 2.28. The Labute approximate surface area is 115 Å². The number of nitrogens with one attached hydrogen (secondary N) is 1. The van der Waals surface area contributed by atoms with Gasteiger partial charge in [0.1, 0.15) is 0 Å². The van der Waals surface area contributed by atoms with Gasteiger partial charge in [-0.1, -0.05) is 6.42 Å². The zero-order valence-electron chi connectivity index (χ0n) is 9.70. The molecular formula is C12H18BrNS2. The highest BCUT2D eigenvalue weighted by atomic mass is 79.9. The number of hydrogen-bond donors (Lipinski definition) is 1. The fourth-order valence-electron chi connectivity index (χ4n) is 2.41. The van der Waals surface area contributed by atoms with Crippen LogP contribution in [0.25, 0.3) is 0 Å². The molecular weight excluding hydrogens is 302 g/mol. The molecule has 1 aliphatic rings. The average Bonchev–Trinajstić information content (AvgIpc) is 2.86. The van der Waals surface area contributed by atoms with E-state index >= 15 is 0 Å². The van der Waals surface area contributed by atoms with Gasteiger partial charge in [-0.15, -0.1) is 11.3 Å². The van der Waals surface area contributed by atoms with Crippen molar-refractivity contribution in [3.05, 3.63) is 20.8 Å². The maximum atomic E-state index is 3.78. The van der Waals surface area contributed by atoms with E-state index in [9.17, 15) is 0 Å². The van der Waals surface area contributed by atoms with Crippen molar-refractivity contribution in [1.29, 1.82) is 0 Å². The Bertz CT molecular complexity index is 340. The van der Waals surface area contributed by atoms with Gasteiger partial charge >= 0.3 is 0 Å². The van der Waals surface area contributed by atoms with E-state index in [0.29, 0.717) is 12.1 Å². The quantitative estimate of drug-likeness (QED) is 0.880. The first-order valence-corrected chi connectivity index (χ1v) is 8.70. The van der Waals surface area contributed by atoms with Crippen LogP contribution in [-0.2, 0) is 0 Å². The van der Waals surface area contributed by atoms with Crippen molar-refractivity contribution in [2.24, 2.45) is 0 Å². The summed E-state index contributed by atoms with van der Waals surface area (Å²) >= 11 is 7.46. The summed E-state index contributed by atoms with van der Waals surface area (Å²) in [6, 6.07) is 3.30. The minimum Gasteiger partial charge on any atom is -0.306 e. The summed E-state index contributed by atoms with van der Waals surface area (Å²) in [5.41, 5.74) is 0. The molecule has 3 unspecified atom stereocenters. The number of thiophene rings is 1. The molecule has 0 radical (unpaired) electrons. The number of hydrogen-bond acceptors (Lipinski definition) is 3. The normalized spacial score (nSPS) is 27.2. The third-order valence-electron chi connectivity index (χ3n) is 3.26. The van der Waals surface area contributed by atoms with Crippen LogP contribution in [0.15, 0.2) is 15.9 Å². The van der Waals surface area contributed by atoms with E-state index in [1.165, 1.54) is 28.6 Å². The van der Waals surface area contributed by atoms with Crippen molar-refractivity contribution in [3.8, 4) is 0 Å². The second kappa shape index (κ2) is 5.89. The van der Waals surface area contributed by atoms with Gasteiger partial charge in [0.2, 0.25) is 0 Å². The van der Waals surface area contributed by atoms with Gasteiger partial charge in [0, 0.05) is 26.7 Å². The SMILES string of the molecule is CSC1CCCC1NC(C)c1sccc1Br. The molecule has 1 fully saturated rings. The van der Waals surface area contributed by atoms with Gasteiger partial charge in [-0.05, 0) is 53.4 Å². The van der Waals surface area contributed by atoms with E-state index in [4.69, 9.17) is 0 Å². The summed E-state index contributed by atoms with van der Waals surface area (Å²) in [6.45, 7) is 2.27. The predicted molar refractivity (Wildman–Crippen MR) is 78.5 cm³/mol. The van der Waals surface area contributed by atoms with E-state index in [0.717, 1.165) is 5.25 Å². The lowest BCUT2D eigenvalue weighted by molar-refractivity contribution is 0.471. The topological polar surface area (TPSA) is 12.0 Å². The largest absolute Gasteiger partial charge is 0.306 e. The van der Waals surface area contributed by atoms with E-state index in [1.54, 1.807) is 0 Å². The zero-order chi connectivity index (χ0) is 11.5. The molecule has 1 aromatic heterocycles. The minimum atomic E-state index is 0.465. The first-order valence-electron chi connectivity index (χ1n) is 5.74. The van der Waals surface area contributed by atoms with Crippen LogP contribution in [0.1, 0.15) is 37.1 Å². The van der Waals surface area contributed by atoms with Crippen molar-refractivity contribution in [1.82, 2.24) is 5.32 Å². The van der Waals surface area contributed by atoms with Crippen molar-refractivity contribution < 1.29 is 0 Å². The minimum absolute atomic E-state index is 0.465. The van der Waals surface area contributed by atoms with Crippen LogP contribution < -0.4 is 5.32 Å². The Morgan fingerprint density at radius 1 is 1.56 bits per heavy atom. The molecule has 0 spiro atoms. The molecule has 1 nitrogen and oxygen atoms in total. The molecule has 0 aliphatic heterocycles. The van der Waals surface area contributed by atoms with Gasteiger partial charge in [-0.3, -0.25) is 0 Å². The molecule has 1 heterocycles. The van der Waals surface area contributed by atoms with Crippen LogP contribution in [0.3, 0.4) is 0 Å². The summed E-state index contributed by atoms with van der Waals surface area (Å²) in [4.78, 5) is 1.42. The van der Waals surface area contributed by atoms with Crippen LogP contribution in [-0.4, -0.2) is 17.5 Å². The molecule has 0 bridgehead atoms. The monoisotopic (exact) mass is 319 g/mol. The molecule has 90 valence electrons. The zero-order valence-corrected chi connectivity index (χ0v) is 12.9. The summed E-state index contributed by atoms with van der Waals surface area (Å²) in [6.07, 6.45) is 6.31. The molecule has 0 amide bonds. The summed E-state index contributed by atoms with van der Waals surface area (Å²) in [7, 11) is 0. The molecule has 1 N–H and O–H groups in total. The lowest BCUT2D eigenvalue weighted by Gasteiger charge is -2.23. The summed E-state index contributed by atoms with van der Waals surface area (Å²) in [5.74, 6) is 0. The van der Waals surface area contributed by atoms with Gasteiger partial charge in [-0.2, -0.15) is 11.8 Å². The molecule has 1 aromatic rings. The summed E-state index contributed by atoms with van der Waals surface area (Å²) < 4.78 is 1.25. The van der Waals surface area contributed by atoms with Crippen LogP contribution in [0.4, 0.5) is 0 Å². The van der Waals surface area contributed by atoms with Crippen molar-refractivity contribution in [2.45, 2.75) is 43.5 Å². The summed E-state index contributed by atoms with van der Waals surface area (Å²) in [5, 5.41) is 6.74. The smallest absolute Gasteiger partial charge is 0.0400 e. The standard InChI is InChI=1S/C12H18BrNS2/c1-8(12-9(13)6-7-16-12)14-10-4-3-5-11(10)15-2/h6-8,10-11,14H,3-5H2,1-2H3. The van der Waals surface area contributed by atoms with E-state index in [-0.39, 0.29) is 0 Å². The van der Waals surface area contributed by atoms with Crippen molar-refractivity contribution in [2.75, 3.05) is 6.26 Å². The molecule has 2 rings (SSSR count). The molecule has 3 atom stereocenters. The molecule has 0 aromatic carbocycles. The number of thioether (sulfide) groups is 1. The molecule has 16 heavy (non-hydrogen) atoms. The third kappa shape index (κ3) is 2.84. The Kier molecular flexibility index (Phi) is 4.76. The number of rotatable bonds is 4. The van der Waals surface area contributed by atoms with Gasteiger partial charge in [0.15, 0.2) is 0 Å². The highest BCUT2D eigenvalue weighted by Crippen LogP contribution is 2.33. The predicted octanol–water partition coefficient (Wildman–Crippen LogP) is 4.45. The Balaban J connectivity index is 1.97. The van der Waals surface area contributed by atoms with Crippen molar-refractivity contribution in [3.63, 3.8) is 0 Å². The van der Waals surface area contributed by atoms with Crippen LogP contribution >= 0.6 is 39.0 Å². The van der Waals surface area contributed by atoms with Gasteiger partial charge < -0.3 is 5.32 Å². The molecule has 4 heteroatoms. The second-order valence-electron chi connectivity index (χ2n) is 4.33. The lowest BCUT2D eigenvalue weighted by Crippen LogP contribution is -2.35. The van der Waals surface area contributed by atoms with E-state index in [1.807, 2.05) is 23.1 Å². The van der Waals surface area contributed by atoms with Crippen LogP contribution in [0.5, 0.6) is 0 Å². The van der Waals surface area contributed by atoms with Gasteiger partial charge in [-0.25, -0.2) is 0 Å². The van der Waals surface area contributed by atoms with Crippen LogP contribution in [0, 0.1) is 0 Å². The Hall–Kier alpha value is 0.490. The average molecular weight is 320 g/mol. The maximum absolute atomic E-state index is 3.78. The molecule has 1 saturated carbocycles. The van der Waals surface area contributed by atoms with Crippen molar-refractivity contribution >= 4 is 39.0 Å². The van der Waals surface area contributed by atoms with E-state index < -0.39 is 0 Å². The van der Waals surface area contributed by atoms with Crippen LogP contribution in [0.2, 0.25) is 0 Å². The molecule has 0 saturated heterocycles. The number of halogens is 1. The van der Waals surface area contributed by atoms with Gasteiger partial charge in [0.05, 0.1) is 0 Å². The second-order valence-corrected chi connectivity index (χ2v) is 7.21. The van der Waals surface area contributed by atoms with E-state index in [2.05, 4.69) is 45.9 Å². The first-order chi connectivity index (χ1) is 7.72. The van der Waals surface area contributed by atoms with Gasteiger partial charge in [0.25, 0.3) is 0 Å². The third-order valence-corrected chi connectivity index (χ3v) is 6.48. The highest BCUT2D eigenvalue weighted by molar-refractivity contribution is 9.10. The maximum Gasteiger partial charge on any atom is 0.0400 e. The fraction of sp³-hybridized carbons (Fsp3) is 0.667. The Morgan fingerprint density at radius 2 is 2.38 bits per heavy atom. The molecule has 1 aliphatic carbocycles. The lowest BCUT2D eigenvalue weighted by atomic mass is 10.2.